The van der Waals surface area contributed by atoms with Crippen molar-refractivity contribution in [3.63, 3.8) is 0 Å². The fourth-order valence-electron chi connectivity index (χ4n) is 2.59. The van der Waals surface area contributed by atoms with Crippen molar-refractivity contribution < 1.29 is 24.2 Å². The molecule has 0 atom stereocenters. The third-order valence-corrected chi connectivity index (χ3v) is 3.95. The summed E-state index contributed by atoms with van der Waals surface area (Å²) in [6.45, 7) is -0.00954. The SMILES string of the molecule is COC.Cn1c(=O)c(C(=O)OCc2ccccc2)c(O)c2ccc(C=O)cc21. The lowest BCUT2D eigenvalue weighted by molar-refractivity contribution is 0.0467. The number of aromatic hydroxyl groups is 1. The average Bonchev–Trinajstić information content (AvgIpc) is 2.71. The Bertz CT molecular complexity index is 1040. The van der Waals surface area contributed by atoms with Crippen LogP contribution in [0.2, 0.25) is 0 Å². The van der Waals surface area contributed by atoms with E-state index in [0.717, 1.165) is 5.56 Å². The van der Waals surface area contributed by atoms with Gasteiger partial charge in [0.1, 0.15) is 18.6 Å². The molecule has 3 rings (SSSR count). The molecule has 0 amide bonds. The summed E-state index contributed by atoms with van der Waals surface area (Å²) in [4.78, 5) is 35.7. The number of rotatable bonds is 4. The minimum atomic E-state index is -0.900. The van der Waals surface area contributed by atoms with Gasteiger partial charge in [0.05, 0.1) is 5.52 Å². The van der Waals surface area contributed by atoms with Crippen LogP contribution in [0.5, 0.6) is 5.75 Å². The molecule has 7 nitrogen and oxygen atoms in total. The van der Waals surface area contributed by atoms with Gasteiger partial charge in [0.15, 0.2) is 5.56 Å². The third-order valence-electron chi connectivity index (χ3n) is 3.95. The lowest BCUT2D eigenvalue weighted by Gasteiger charge is -2.12. The summed E-state index contributed by atoms with van der Waals surface area (Å²) in [5.41, 5.74) is 0.368. The zero-order valence-electron chi connectivity index (χ0n) is 15.8. The maximum atomic E-state index is 12.5. The number of hydrogen-bond donors (Lipinski definition) is 1. The largest absolute Gasteiger partial charge is 0.506 e. The molecule has 0 unspecified atom stereocenters. The number of carbonyl (C=O) groups excluding carboxylic acids is 2. The van der Waals surface area contributed by atoms with Gasteiger partial charge in [-0.15, -0.1) is 0 Å². The quantitative estimate of drug-likeness (QED) is 0.550. The second-order valence-corrected chi connectivity index (χ2v) is 5.95. The number of methoxy groups -OCH3 is 1. The molecule has 0 radical (unpaired) electrons. The molecule has 0 aliphatic heterocycles. The van der Waals surface area contributed by atoms with Crippen molar-refractivity contribution in [1.29, 1.82) is 0 Å². The second-order valence-electron chi connectivity index (χ2n) is 5.95. The summed E-state index contributed by atoms with van der Waals surface area (Å²) in [5.74, 6) is -1.35. The van der Waals surface area contributed by atoms with E-state index in [9.17, 15) is 19.5 Å². The molecular formula is C21H21NO6. The number of aromatic nitrogens is 1. The maximum Gasteiger partial charge on any atom is 0.347 e. The molecule has 1 N–H and O–H groups in total. The van der Waals surface area contributed by atoms with Gasteiger partial charge < -0.3 is 19.1 Å². The topological polar surface area (TPSA) is 94.8 Å². The number of ether oxygens (including phenoxy) is 2. The molecule has 1 heterocycles. The first kappa shape index (κ1) is 20.9. The Morgan fingerprint density at radius 2 is 1.79 bits per heavy atom. The highest BCUT2D eigenvalue weighted by Crippen LogP contribution is 2.27. The van der Waals surface area contributed by atoms with E-state index in [1.54, 1.807) is 38.5 Å². The number of nitrogens with zero attached hydrogens (tertiary/aromatic N) is 1. The van der Waals surface area contributed by atoms with Crippen LogP contribution in [-0.2, 0) is 23.1 Å². The van der Waals surface area contributed by atoms with Crippen molar-refractivity contribution in [3.8, 4) is 5.75 Å². The number of pyridine rings is 1. The van der Waals surface area contributed by atoms with E-state index >= 15 is 0 Å². The number of carbonyl (C=O) groups is 2. The van der Waals surface area contributed by atoms with Crippen molar-refractivity contribution in [2.75, 3.05) is 14.2 Å². The summed E-state index contributed by atoms with van der Waals surface area (Å²) >= 11 is 0. The molecule has 1 aromatic heterocycles. The smallest absolute Gasteiger partial charge is 0.347 e. The minimum absolute atomic E-state index is 0.00954. The van der Waals surface area contributed by atoms with Gasteiger partial charge in [0.2, 0.25) is 0 Å². The van der Waals surface area contributed by atoms with Crippen LogP contribution >= 0.6 is 0 Å². The standard InChI is InChI=1S/C19H15NO5.C2H6O/c1-20-15-9-13(10-21)7-8-14(15)17(22)16(18(20)23)19(24)25-11-12-5-3-2-4-6-12;1-3-2/h2-10,22H,11H2,1H3;1-2H3. The van der Waals surface area contributed by atoms with Gasteiger partial charge in [0, 0.05) is 32.2 Å². The average molecular weight is 383 g/mol. The van der Waals surface area contributed by atoms with Gasteiger partial charge in [-0.1, -0.05) is 36.4 Å². The molecule has 0 spiro atoms. The fraction of sp³-hybridized carbons (Fsp3) is 0.190. The summed E-state index contributed by atoms with van der Waals surface area (Å²) in [5, 5.41) is 10.7. The molecule has 146 valence electrons. The molecule has 28 heavy (non-hydrogen) atoms. The Morgan fingerprint density at radius 3 is 2.39 bits per heavy atom. The van der Waals surface area contributed by atoms with E-state index in [0.29, 0.717) is 22.8 Å². The molecule has 0 aliphatic carbocycles. The lowest BCUT2D eigenvalue weighted by atomic mass is 10.1. The molecular weight excluding hydrogens is 362 g/mol. The van der Waals surface area contributed by atoms with Gasteiger partial charge in [-0.3, -0.25) is 9.59 Å². The number of hydrogen-bond acceptors (Lipinski definition) is 6. The van der Waals surface area contributed by atoms with E-state index in [4.69, 9.17) is 4.74 Å². The number of esters is 1. The van der Waals surface area contributed by atoms with Crippen LogP contribution in [0.15, 0.2) is 53.3 Å². The van der Waals surface area contributed by atoms with Crippen molar-refractivity contribution in [3.05, 3.63) is 75.6 Å². The molecule has 3 aromatic rings. The van der Waals surface area contributed by atoms with E-state index in [1.807, 2.05) is 6.07 Å². The lowest BCUT2D eigenvalue weighted by Crippen LogP contribution is -2.26. The Labute approximate surface area is 161 Å². The van der Waals surface area contributed by atoms with Crippen LogP contribution < -0.4 is 5.56 Å². The zero-order valence-corrected chi connectivity index (χ0v) is 15.8. The number of benzene rings is 2. The minimum Gasteiger partial charge on any atom is -0.506 e. The van der Waals surface area contributed by atoms with Crippen LogP contribution in [0.25, 0.3) is 10.9 Å². The summed E-state index contributed by atoms with van der Waals surface area (Å²) in [7, 11) is 4.71. The van der Waals surface area contributed by atoms with Crippen LogP contribution in [0.3, 0.4) is 0 Å². The highest BCUT2D eigenvalue weighted by Gasteiger charge is 2.22. The van der Waals surface area contributed by atoms with Crippen molar-refractivity contribution in [1.82, 2.24) is 4.57 Å². The molecule has 7 heteroatoms. The van der Waals surface area contributed by atoms with Gasteiger partial charge in [0.25, 0.3) is 5.56 Å². The van der Waals surface area contributed by atoms with Gasteiger partial charge in [-0.05, 0) is 17.7 Å². The first-order valence-electron chi connectivity index (χ1n) is 8.36. The Balaban J connectivity index is 0.000000878. The molecule has 0 aliphatic rings. The van der Waals surface area contributed by atoms with E-state index in [1.165, 1.54) is 29.8 Å². The van der Waals surface area contributed by atoms with E-state index in [2.05, 4.69) is 4.74 Å². The predicted octanol–water partition coefficient (Wildman–Crippen LogP) is 2.68. The van der Waals surface area contributed by atoms with Crippen molar-refractivity contribution in [2.24, 2.45) is 7.05 Å². The van der Waals surface area contributed by atoms with Crippen LogP contribution in [-0.4, -0.2) is 36.1 Å². The van der Waals surface area contributed by atoms with Crippen molar-refractivity contribution >= 4 is 23.2 Å². The molecule has 0 saturated carbocycles. The maximum absolute atomic E-state index is 12.5. The predicted molar refractivity (Wildman–Crippen MR) is 105 cm³/mol. The molecule has 0 bridgehead atoms. The molecule has 2 aromatic carbocycles. The number of fused-ring (bicyclic) bond motifs is 1. The zero-order chi connectivity index (χ0) is 20.7. The number of aryl methyl sites for hydroxylation is 1. The first-order chi connectivity index (χ1) is 13.4. The summed E-state index contributed by atoms with van der Waals surface area (Å²) in [6, 6.07) is 13.5. The highest BCUT2D eigenvalue weighted by molar-refractivity contribution is 6.00. The summed E-state index contributed by atoms with van der Waals surface area (Å²) in [6.07, 6.45) is 0.642. The van der Waals surface area contributed by atoms with E-state index < -0.39 is 22.8 Å². The van der Waals surface area contributed by atoms with Crippen LogP contribution in [0, 0.1) is 0 Å². The van der Waals surface area contributed by atoms with Crippen molar-refractivity contribution in [2.45, 2.75) is 6.61 Å². The van der Waals surface area contributed by atoms with E-state index in [-0.39, 0.29) is 6.61 Å². The van der Waals surface area contributed by atoms with Crippen LogP contribution in [0.4, 0.5) is 0 Å². The Morgan fingerprint density at radius 1 is 1.14 bits per heavy atom. The highest BCUT2D eigenvalue weighted by atomic mass is 16.5. The third kappa shape index (κ3) is 4.44. The van der Waals surface area contributed by atoms with Gasteiger partial charge in [-0.2, -0.15) is 0 Å². The Hall–Kier alpha value is -3.45. The molecule has 0 fully saturated rings. The summed E-state index contributed by atoms with van der Waals surface area (Å²) < 4.78 is 10.6. The normalized spacial score (nSPS) is 10.1. The van der Waals surface area contributed by atoms with Crippen LogP contribution in [0.1, 0.15) is 26.3 Å². The number of aldehydes is 1. The second kappa shape index (κ2) is 9.48. The fourth-order valence-corrected chi connectivity index (χ4v) is 2.59. The first-order valence-corrected chi connectivity index (χ1v) is 8.36. The molecule has 0 saturated heterocycles. The van der Waals surface area contributed by atoms with Gasteiger partial charge in [-0.25, -0.2) is 4.79 Å². The monoisotopic (exact) mass is 383 g/mol. The Kier molecular flexibility index (Phi) is 7.06. The van der Waals surface area contributed by atoms with Gasteiger partial charge >= 0.3 is 5.97 Å².